The number of nitrogens with one attached hydrogen (secondary N) is 1. The molecule has 0 aliphatic carbocycles. The van der Waals surface area contributed by atoms with Gasteiger partial charge in [-0.25, -0.2) is 0 Å². The fraction of sp³-hybridized carbons (Fsp3) is 0.684. The Morgan fingerprint density at radius 2 is 1.95 bits per heavy atom. The molecule has 1 aromatic rings. The zero-order chi connectivity index (χ0) is 15.5. The number of hydrogen-bond donors (Lipinski definition) is 1. The molecule has 1 unspecified atom stereocenters. The van der Waals surface area contributed by atoms with Crippen molar-refractivity contribution in [2.75, 3.05) is 11.4 Å². The van der Waals surface area contributed by atoms with Crippen LogP contribution in [0.4, 0.5) is 5.69 Å². The normalized spacial score (nSPS) is 20.4. The molecule has 2 heteroatoms. The second kappa shape index (κ2) is 6.83. The van der Waals surface area contributed by atoms with E-state index in [1.54, 1.807) is 0 Å². The van der Waals surface area contributed by atoms with E-state index in [9.17, 15) is 0 Å². The van der Waals surface area contributed by atoms with Crippen LogP contribution in [0.3, 0.4) is 0 Å². The Morgan fingerprint density at radius 3 is 2.67 bits per heavy atom. The van der Waals surface area contributed by atoms with Crippen molar-refractivity contribution >= 4 is 5.69 Å². The van der Waals surface area contributed by atoms with E-state index in [0.29, 0.717) is 6.04 Å². The maximum Gasteiger partial charge on any atom is 0.0414 e. The van der Waals surface area contributed by atoms with Crippen LogP contribution in [0.15, 0.2) is 18.2 Å². The van der Waals surface area contributed by atoms with Gasteiger partial charge in [0, 0.05) is 30.4 Å². The van der Waals surface area contributed by atoms with Crippen molar-refractivity contribution in [3.63, 3.8) is 0 Å². The van der Waals surface area contributed by atoms with Crippen LogP contribution < -0.4 is 10.2 Å². The molecule has 0 bridgehead atoms. The summed E-state index contributed by atoms with van der Waals surface area (Å²) in [7, 11) is 0. The summed E-state index contributed by atoms with van der Waals surface area (Å²) in [5, 5.41) is 3.65. The Morgan fingerprint density at radius 1 is 1.19 bits per heavy atom. The maximum atomic E-state index is 3.65. The fourth-order valence-electron chi connectivity index (χ4n) is 3.13. The van der Waals surface area contributed by atoms with Gasteiger partial charge in [-0.05, 0) is 59.1 Å². The molecule has 0 saturated carbocycles. The lowest BCUT2D eigenvalue weighted by molar-refractivity contribution is 0.424. The predicted octanol–water partition coefficient (Wildman–Crippen LogP) is 4.65. The van der Waals surface area contributed by atoms with Crippen LogP contribution in [0.2, 0.25) is 0 Å². The molecule has 1 heterocycles. The maximum absolute atomic E-state index is 3.65. The van der Waals surface area contributed by atoms with E-state index >= 15 is 0 Å². The molecule has 0 radical (unpaired) electrons. The van der Waals surface area contributed by atoms with Crippen LogP contribution >= 0.6 is 0 Å². The van der Waals surface area contributed by atoms with Crippen LogP contribution in [-0.4, -0.2) is 18.1 Å². The van der Waals surface area contributed by atoms with E-state index in [1.807, 2.05) is 0 Å². The average molecular weight is 288 g/mol. The molecule has 2 nitrogen and oxygen atoms in total. The molecule has 1 aromatic carbocycles. The average Bonchev–Trinajstić information content (AvgIpc) is 2.61. The molecule has 1 aliphatic rings. The van der Waals surface area contributed by atoms with Crippen molar-refractivity contribution in [3.8, 4) is 0 Å². The van der Waals surface area contributed by atoms with E-state index in [4.69, 9.17) is 0 Å². The first-order chi connectivity index (χ1) is 9.87. The van der Waals surface area contributed by atoms with Gasteiger partial charge in [-0.3, -0.25) is 0 Å². The van der Waals surface area contributed by atoms with Gasteiger partial charge < -0.3 is 10.2 Å². The quantitative estimate of drug-likeness (QED) is 0.870. The number of benzene rings is 1. The summed E-state index contributed by atoms with van der Waals surface area (Å²) in [6, 6.07) is 7.60. The molecule has 2 rings (SSSR count). The van der Waals surface area contributed by atoms with Gasteiger partial charge in [-0.2, -0.15) is 0 Å². The van der Waals surface area contributed by atoms with Crippen LogP contribution in [0.1, 0.15) is 64.5 Å². The lowest BCUT2D eigenvalue weighted by Gasteiger charge is -2.32. The molecule has 21 heavy (non-hydrogen) atoms. The second-order valence-corrected chi connectivity index (χ2v) is 7.63. The van der Waals surface area contributed by atoms with Gasteiger partial charge in [-0.15, -0.1) is 0 Å². The highest BCUT2D eigenvalue weighted by Crippen LogP contribution is 2.28. The topological polar surface area (TPSA) is 15.3 Å². The summed E-state index contributed by atoms with van der Waals surface area (Å²) >= 11 is 0. The van der Waals surface area contributed by atoms with Crippen LogP contribution in [-0.2, 0) is 6.54 Å². The standard InChI is InChI=1S/C19H32N2/c1-15-10-11-18(17(13-15)14-20-19(3,4)5)21-12-8-6-7-9-16(21)2/h10-11,13,16,20H,6-9,12,14H2,1-5H3. The van der Waals surface area contributed by atoms with Gasteiger partial charge in [-0.1, -0.05) is 30.5 Å². The third-order valence-corrected chi connectivity index (χ3v) is 4.41. The Kier molecular flexibility index (Phi) is 5.32. The zero-order valence-corrected chi connectivity index (χ0v) is 14.5. The zero-order valence-electron chi connectivity index (χ0n) is 14.5. The van der Waals surface area contributed by atoms with E-state index < -0.39 is 0 Å². The predicted molar refractivity (Wildman–Crippen MR) is 93.0 cm³/mol. The summed E-state index contributed by atoms with van der Waals surface area (Å²) in [4.78, 5) is 2.63. The molecule has 1 aliphatic heterocycles. The van der Waals surface area contributed by atoms with E-state index in [1.165, 1.54) is 49.0 Å². The molecule has 118 valence electrons. The largest absolute Gasteiger partial charge is 0.369 e. The van der Waals surface area contributed by atoms with Crippen LogP contribution in [0.5, 0.6) is 0 Å². The highest BCUT2D eigenvalue weighted by Gasteiger charge is 2.20. The summed E-state index contributed by atoms with van der Waals surface area (Å²) in [5.74, 6) is 0. The van der Waals surface area contributed by atoms with Crippen molar-refractivity contribution in [3.05, 3.63) is 29.3 Å². The Bertz CT molecular complexity index is 459. The summed E-state index contributed by atoms with van der Waals surface area (Å²) in [5.41, 5.74) is 4.39. The lowest BCUT2D eigenvalue weighted by Crippen LogP contribution is -2.37. The smallest absolute Gasteiger partial charge is 0.0414 e. The van der Waals surface area contributed by atoms with Crippen molar-refractivity contribution in [2.24, 2.45) is 0 Å². The minimum Gasteiger partial charge on any atom is -0.369 e. The third-order valence-electron chi connectivity index (χ3n) is 4.41. The molecule has 1 atom stereocenters. The summed E-state index contributed by atoms with van der Waals surface area (Å²) in [6.07, 6.45) is 5.39. The van der Waals surface area contributed by atoms with Crippen LogP contribution in [0, 0.1) is 6.92 Å². The van der Waals surface area contributed by atoms with Crippen molar-refractivity contribution in [2.45, 2.75) is 78.4 Å². The van der Waals surface area contributed by atoms with Crippen molar-refractivity contribution in [1.29, 1.82) is 0 Å². The number of hydrogen-bond acceptors (Lipinski definition) is 2. The highest BCUT2D eigenvalue weighted by molar-refractivity contribution is 5.56. The minimum atomic E-state index is 0.158. The second-order valence-electron chi connectivity index (χ2n) is 7.63. The molecule has 1 saturated heterocycles. The van der Waals surface area contributed by atoms with Gasteiger partial charge in [0.05, 0.1) is 0 Å². The number of anilines is 1. The molecule has 1 fully saturated rings. The molecule has 0 amide bonds. The third kappa shape index (κ3) is 4.74. The number of aryl methyl sites for hydroxylation is 1. The monoisotopic (exact) mass is 288 g/mol. The minimum absolute atomic E-state index is 0.158. The first-order valence-electron chi connectivity index (χ1n) is 8.48. The van der Waals surface area contributed by atoms with Crippen molar-refractivity contribution in [1.82, 2.24) is 5.32 Å². The van der Waals surface area contributed by atoms with E-state index in [0.717, 1.165) is 6.54 Å². The first-order valence-corrected chi connectivity index (χ1v) is 8.48. The lowest BCUT2D eigenvalue weighted by atomic mass is 10.0. The molecule has 0 aromatic heterocycles. The van der Waals surface area contributed by atoms with Crippen LogP contribution in [0.25, 0.3) is 0 Å². The van der Waals surface area contributed by atoms with Crippen molar-refractivity contribution < 1.29 is 0 Å². The Balaban J connectivity index is 2.24. The summed E-state index contributed by atoms with van der Waals surface area (Å²) in [6.45, 7) is 13.4. The molecule has 0 spiro atoms. The SMILES string of the molecule is Cc1ccc(N2CCCCCC2C)c(CNC(C)(C)C)c1. The van der Waals surface area contributed by atoms with Gasteiger partial charge in [0.25, 0.3) is 0 Å². The van der Waals surface area contributed by atoms with E-state index in [-0.39, 0.29) is 5.54 Å². The molecule has 1 N–H and O–H groups in total. The molecular weight excluding hydrogens is 256 g/mol. The first kappa shape index (κ1) is 16.4. The van der Waals surface area contributed by atoms with Gasteiger partial charge >= 0.3 is 0 Å². The summed E-state index contributed by atoms with van der Waals surface area (Å²) < 4.78 is 0. The Hall–Kier alpha value is -1.02. The van der Waals surface area contributed by atoms with E-state index in [2.05, 4.69) is 63.0 Å². The Labute approximate surface area is 130 Å². The number of rotatable bonds is 3. The number of nitrogens with zero attached hydrogens (tertiary/aromatic N) is 1. The fourth-order valence-corrected chi connectivity index (χ4v) is 3.13. The van der Waals surface area contributed by atoms with Gasteiger partial charge in [0.15, 0.2) is 0 Å². The molecular formula is C19H32N2. The van der Waals surface area contributed by atoms with Gasteiger partial charge in [0.1, 0.15) is 0 Å². The van der Waals surface area contributed by atoms with Gasteiger partial charge in [0.2, 0.25) is 0 Å². The highest BCUT2D eigenvalue weighted by atomic mass is 15.2.